The van der Waals surface area contributed by atoms with Crippen molar-refractivity contribution >= 4 is 16.8 Å². The SMILES string of the molecule is O/N=C(/Cl)[C@H]1COC2(CCCCC2)O1. The summed E-state index contributed by atoms with van der Waals surface area (Å²) < 4.78 is 11.3. The Morgan fingerprint density at radius 2 is 2.07 bits per heavy atom. The molecule has 0 bridgehead atoms. The van der Waals surface area contributed by atoms with E-state index in [9.17, 15) is 0 Å². The zero-order chi connectivity index (χ0) is 10.0. The summed E-state index contributed by atoms with van der Waals surface area (Å²) >= 11 is 5.67. The summed E-state index contributed by atoms with van der Waals surface area (Å²) in [5.41, 5.74) is 0. The molecule has 0 radical (unpaired) electrons. The average molecular weight is 220 g/mol. The summed E-state index contributed by atoms with van der Waals surface area (Å²) in [6.45, 7) is 0.392. The summed E-state index contributed by atoms with van der Waals surface area (Å²) in [6, 6.07) is 0. The molecule has 1 aliphatic carbocycles. The van der Waals surface area contributed by atoms with Gasteiger partial charge in [-0.05, 0) is 12.8 Å². The molecule has 1 spiro atoms. The lowest BCUT2D eigenvalue weighted by atomic mass is 9.94. The van der Waals surface area contributed by atoms with Crippen molar-refractivity contribution in [1.29, 1.82) is 0 Å². The number of hydrogen-bond acceptors (Lipinski definition) is 4. The van der Waals surface area contributed by atoms with E-state index in [1.54, 1.807) is 0 Å². The quantitative estimate of drug-likeness (QED) is 0.417. The van der Waals surface area contributed by atoms with Gasteiger partial charge in [0.25, 0.3) is 0 Å². The van der Waals surface area contributed by atoms with Crippen LogP contribution in [0.2, 0.25) is 0 Å². The third-order valence-electron chi connectivity index (χ3n) is 2.83. The molecule has 1 saturated carbocycles. The van der Waals surface area contributed by atoms with Crippen molar-refractivity contribution in [3.8, 4) is 0 Å². The maximum Gasteiger partial charge on any atom is 0.176 e. The Labute approximate surface area is 87.8 Å². The fraction of sp³-hybridized carbons (Fsp3) is 0.889. The molecule has 0 unspecified atom stereocenters. The summed E-state index contributed by atoms with van der Waals surface area (Å²) in [7, 11) is 0. The van der Waals surface area contributed by atoms with Crippen LogP contribution in [0.5, 0.6) is 0 Å². The summed E-state index contributed by atoms with van der Waals surface area (Å²) in [5.74, 6) is -0.451. The number of rotatable bonds is 1. The van der Waals surface area contributed by atoms with Gasteiger partial charge in [-0.25, -0.2) is 0 Å². The average Bonchev–Trinajstić information content (AvgIpc) is 2.62. The van der Waals surface area contributed by atoms with Crippen molar-refractivity contribution < 1.29 is 14.7 Å². The molecule has 1 atom stereocenters. The Morgan fingerprint density at radius 1 is 1.36 bits per heavy atom. The minimum Gasteiger partial charge on any atom is -0.410 e. The van der Waals surface area contributed by atoms with E-state index in [1.165, 1.54) is 6.42 Å². The predicted molar refractivity (Wildman–Crippen MR) is 51.7 cm³/mol. The topological polar surface area (TPSA) is 51.1 Å². The number of nitrogens with zero attached hydrogens (tertiary/aromatic N) is 1. The highest BCUT2D eigenvalue weighted by Gasteiger charge is 2.43. The van der Waals surface area contributed by atoms with Gasteiger partial charge in [0, 0.05) is 12.8 Å². The molecular formula is C9H14ClNO3. The van der Waals surface area contributed by atoms with E-state index in [0.29, 0.717) is 6.61 Å². The van der Waals surface area contributed by atoms with E-state index in [2.05, 4.69) is 5.16 Å². The van der Waals surface area contributed by atoms with Gasteiger partial charge in [0.05, 0.1) is 6.61 Å². The zero-order valence-corrected chi connectivity index (χ0v) is 8.66. The smallest absolute Gasteiger partial charge is 0.176 e. The largest absolute Gasteiger partial charge is 0.410 e. The molecule has 1 aliphatic heterocycles. The molecule has 0 aromatic rings. The molecule has 2 aliphatic rings. The zero-order valence-electron chi connectivity index (χ0n) is 7.91. The molecule has 80 valence electrons. The predicted octanol–water partition coefficient (Wildman–Crippen LogP) is 2.09. The molecule has 0 aromatic heterocycles. The van der Waals surface area contributed by atoms with Crippen LogP contribution in [0.25, 0.3) is 0 Å². The van der Waals surface area contributed by atoms with Crippen molar-refractivity contribution in [2.45, 2.75) is 44.0 Å². The van der Waals surface area contributed by atoms with Crippen molar-refractivity contribution in [3.05, 3.63) is 0 Å². The monoisotopic (exact) mass is 219 g/mol. The molecule has 0 amide bonds. The molecule has 14 heavy (non-hydrogen) atoms. The number of oxime groups is 1. The molecule has 1 N–H and O–H groups in total. The maximum atomic E-state index is 8.50. The third kappa shape index (κ3) is 1.87. The molecule has 4 nitrogen and oxygen atoms in total. The molecule has 5 heteroatoms. The Hall–Kier alpha value is -0.320. The van der Waals surface area contributed by atoms with Crippen LogP contribution in [0.15, 0.2) is 5.16 Å². The fourth-order valence-corrected chi connectivity index (χ4v) is 2.20. The molecular weight excluding hydrogens is 206 g/mol. The second kappa shape index (κ2) is 4.04. The van der Waals surface area contributed by atoms with E-state index in [-0.39, 0.29) is 11.3 Å². The Bertz CT molecular complexity index is 238. The van der Waals surface area contributed by atoms with Gasteiger partial charge in [0.2, 0.25) is 0 Å². The molecule has 1 heterocycles. The van der Waals surface area contributed by atoms with Gasteiger partial charge in [0.1, 0.15) is 6.10 Å². The maximum absolute atomic E-state index is 8.50. The standard InChI is InChI=1S/C9H14ClNO3/c10-8(11-12)7-6-13-9(14-7)4-2-1-3-5-9/h7,12H,1-6H2/b11-8+/t7-/m1/s1. The van der Waals surface area contributed by atoms with Crippen LogP contribution in [-0.4, -0.2) is 28.9 Å². The first-order chi connectivity index (χ1) is 6.76. The lowest BCUT2D eigenvalue weighted by molar-refractivity contribution is -0.181. The van der Waals surface area contributed by atoms with E-state index in [0.717, 1.165) is 25.7 Å². The van der Waals surface area contributed by atoms with Crippen LogP contribution < -0.4 is 0 Å². The van der Waals surface area contributed by atoms with Gasteiger partial charge in [-0.1, -0.05) is 23.2 Å². The Kier molecular flexibility index (Phi) is 2.95. The summed E-state index contributed by atoms with van der Waals surface area (Å²) in [4.78, 5) is 0. The highest BCUT2D eigenvalue weighted by atomic mass is 35.5. The Balaban J connectivity index is 1.99. The molecule has 0 aromatic carbocycles. The van der Waals surface area contributed by atoms with Crippen molar-refractivity contribution in [2.24, 2.45) is 5.16 Å². The van der Waals surface area contributed by atoms with E-state index in [4.69, 9.17) is 26.3 Å². The fourth-order valence-electron chi connectivity index (χ4n) is 2.09. The van der Waals surface area contributed by atoms with Crippen LogP contribution in [0.3, 0.4) is 0 Å². The number of halogens is 1. The molecule has 2 rings (SSSR count). The number of hydrogen-bond donors (Lipinski definition) is 1. The summed E-state index contributed by atoms with van der Waals surface area (Å²) in [6.07, 6.45) is 4.93. The minimum absolute atomic E-state index is 0.0763. The van der Waals surface area contributed by atoms with Gasteiger partial charge in [-0.2, -0.15) is 0 Å². The first-order valence-electron chi connectivity index (χ1n) is 4.95. The van der Waals surface area contributed by atoms with Crippen LogP contribution in [-0.2, 0) is 9.47 Å². The summed E-state index contributed by atoms with van der Waals surface area (Å²) in [5, 5.41) is 11.5. The van der Waals surface area contributed by atoms with Crippen molar-refractivity contribution in [1.82, 2.24) is 0 Å². The van der Waals surface area contributed by atoms with Gasteiger partial charge >= 0.3 is 0 Å². The van der Waals surface area contributed by atoms with Gasteiger partial charge in [-0.15, -0.1) is 0 Å². The minimum atomic E-state index is -0.451. The molecule has 1 saturated heterocycles. The lowest BCUT2D eigenvalue weighted by Crippen LogP contribution is -2.34. The first kappa shape index (κ1) is 10.2. The normalized spacial score (nSPS) is 32.4. The molecule has 2 fully saturated rings. The third-order valence-corrected chi connectivity index (χ3v) is 3.15. The van der Waals surface area contributed by atoms with Crippen molar-refractivity contribution in [2.75, 3.05) is 6.61 Å². The van der Waals surface area contributed by atoms with Crippen LogP contribution in [0, 0.1) is 0 Å². The van der Waals surface area contributed by atoms with E-state index >= 15 is 0 Å². The van der Waals surface area contributed by atoms with E-state index in [1.807, 2.05) is 0 Å². The second-order valence-electron chi connectivity index (χ2n) is 3.81. The van der Waals surface area contributed by atoms with Crippen LogP contribution >= 0.6 is 11.6 Å². The highest BCUT2D eigenvalue weighted by molar-refractivity contribution is 6.66. The van der Waals surface area contributed by atoms with Gasteiger partial charge in [0.15, 0.2) is 11.0 Å². The lowest BCUT2D eigenvalue weighted by Gasteiger charge is -2.31. The van der Waals surface area contributed by atoms with Crippen LogP contribution in [0.4, 0.5) is 0 Å². The number of ether oxygens (including phenoxy) is 2. The Morgan fingerprint density at radius 3 is 2.71 bits per heavy atom. The van der Waals surface area contributed by atoms with Crippen LogP contribution in [0.1, 0.15) is 32.1 Å². The van der Waals surface area contributed by atoms with E-state index < -0.39 is 5.79 Å². The van der Waals surface area contributed by atoms with Gasteiger partial charge < -0.3 is 14.7 Å². The first-order valence-corrected chi connectivity index (χ1v) is 5.33. The highest BCUT2D eigenvalue weighted by Crippen LogP contribution is 2.38. The second-order valence-corrected chi connectivity index (χ2v) is 4.20. The van der Waals surface area contributed by atoms with Crippen molar-refractivity contribution in [3.63, 3.8) is 0 Å². The van der Waals surface area contributed by atoms with Gasteiger partial charge in [-0.3, -0.25) is 0 Å².